The molecule has 29 heavy (non-hydrogen) atoms. The first-order valence-electron chi connectivity index (χ1n) is 11.2. The fourth-order valence-electron chi connectivity index (χ4n) is 4.74. The van der Waals surface area contributed by atoms with E-state index in [-0.39, 0.29) is 5.91 Å². The van der Waals surface area contributed by atoms with E-state index in [1.807, 2.05) is 6.07 Å². The molecule has 6 heteroatoms. The Labute approximate surface area is 180 Å². The Hall–Kier alpha value is -1.14. The number of piperazine rings is 1. The summed E-state index contributed by atoms with van der Waals surface area (Å²) in [6, 6.07) is 4.55. The number of halogens is 1. The largest absolute Gasteiger partial charge is 0.326 e. The maximum absolute atomic E-state index is 12.5. The minimum atomic E-state index is 0.0947. The van der Waals surface area contributed by atoms with Gasteiger partial charge < -0.3 is 10.6 Å². The molecule has 1 saturated carbocycles. The summed E-state index contributed by atoms with van der Waals surface area (Å²) in [6.45, 7) is 11.9. The molecule has 1 aliphatic carbocycles. The third-order valence-electron chi connectivity index (χ3n) is 6.82. The minimum absolute atomic E-state index is 0.0947. The van der Waals surface area contributed by atoms with Crippen molar-refractivity contribution in [1.82, 2.24) is 15.1 Å². The SMILES string of the molecule is Cc1c(CN2CCN(CC3CC3)[C@@H](C)C2)cc(Cl)cc1NC(=O)CC1CCNC1. The number of nitrogens with zero attached hydrogens (tertiary/aromatic N) is 2. The molecule has 5 nitrogen and oxygen atoms in total. The quantitative estimate of drug-likeness (QED) is 0.711. The molecule has 2 heterocycles. The summed E-state index contributed by atoms with van der Waals surface area (Å²) in [4.78, 5) is 17.7. The number of hydrogen-bond donors (Lipinski definition) is 2. The Kier molecular flexibility index (Phi) is 6.80. The highest BCUT2D eigenvalue weighted by molar-refractivity contribution is 6.31. The van der Waals surface area contributed by atoms with E-state index in [0.717, 1.165) is 62.9 Å². The van der Waals surface area contributed by atoms with Crippen molar-refractivity contribution in [3.8, 4) is 0 Å². The summed E-state index contributed by atoms with van der Waals surface area (Å²) >= 11 is 6.42. The molecule has 0 radical (unpaired) electrons. The maximum atomic E-state index is 12.5. The van der Waals surface area contributed by atoms with E-state index < -0.39 is 0 Å². The lowest BCUT2D eigenvalue weighted by Gasteiger charge is -2.40. The van der Waals surface area contributed by atoms with E-state index in [1.165, 1.54) is 24.9 Å². The molecule has 2 atom stereocenters. The lowest BCUT2D eigenvalue weighted by molar-refractivity contribution is -0.116. The third kappa shape index (κ3) is 5.72. The van der Waals surface area contributed by atoms with Gasteiger partial charge in [-0.05, 0) is 81.3 Å². The molecule has 0 aromatic heterocycles. The van der Waals surface area contributed by atoms with E-state index in [4.69, 9.17) is 11.6 Å². The van der Waals surface area contributed by atoms with Gasteiger partial charge in [-0.25, -0.2) is 0 Å². The van der Waals surface area contributed by atoms with Gasteiger partial charge in [0.1, 0.15) is 0 Å². The zero-order chi connectivity index (χ0) is 20.4. The zero-order valence-electron chi connectivity index (χ0n) is 17.8. The van der Waals surface area contributed by atoms with Crippen molar-refractivity contribution in [1.29, 1.82) is 0 Å². The van der Waals surface area contributed by atoms with Crippen molar-refractivity contribution in [2.75, 3.05) is 44.6 Å². The van der Waals surface area contributed by atoms with Gasteiger partial charge in [0.15, 0.2) is 0 Å². The van der Waals surface area contributed by atoms with Gasteiger partial charge in [-0.1, -0.05) is 11.6 Å². The third-order valence-corrected chi connectivity index (χ3v) is 7.04. The van der Waals surface area contributed by atoms with Gasteiger partial charge in [-0.3, -0.25) is 14.6 Å². The summed E-state index contributed by atoms with van der Waals surface area (Å²) in [5.74, 6) is 1.49. The number of nitrogens with one attached hydrogen (secondary N) is 2. The van der Waals surface area contributed by atoms with Crippen LogP contribution >= 0.6 is 11.6 Å². The van der Waals surface area contributed by atoms with Crippen molar-refractivity contribution >= 4 is 23.2 Å². The highest BCUT2D eigenvalue weighted by Crippen LogP contribution is 2.31. The molecule has 1 aromatic carbocycles. The smallest absolute Gasteiger partial charge is 0.224 e. The first-order valence-corrected chi connectivity index (χ1v) is 11.6. The van der Waals surface area contributed by atoms with E-state index in [0.29, 0.717) is 23.4 Å². The van der Waals surface area contributed by atoms with Crippen LogP contribution in [0.15, 0.2) is 12.1 Å². The monoisotopic (exact) mass is 418 g/mol. The average molecular weight is 419 g/mol. The van der Waals surface area contributed by atoms with Gasteiger partial charge in [0, 0.05) is 55.9 Å². The van der Waals surface area contributed by atoms with Crippen LogP contribution in [-0.2, 0) is 11.3 Å². The minimum Gasteiger partial charge on any atom is -0.326 e. The molecule has 1 unspecified atom stereocenters. The van der Waals surface area contributed by atoms with E-state index in [1.54, 1.807) is 0 Å². The molecule has 1 aromatic rings. The second kappa shape index (κ2) is 9.34. The van der Waals surface area contributed by atoms with Crippen LogP contribution in [0.5, 0.6) is 0 Å². The summed E-state index contributed by atoms with van der Waals surface area (Å²) in [7, 11) is 0. The Balaban J connectivity index is 1.36. The summed E-state index contributed by atoms with van der Waals surface area (Å²) < 4.78 is 0. The number of benzene rings is 1. The first kappa shape index (κ1) is 21.1. The fraction of sp³-hybridized carbons (Fsp3) is 0.696. The van der Waals surface area contributed by atoms with Gasteiger partial charge in [0.05, 0.1) is 0 Å². The molecule has 3 aliphatic rings. The van der Waals surface area contributed by atoms with E-state index in [2.05, 4.69) is 40.3 Å². The van der Waals surface area contributed by atoms with Crippen molar-refractivity contribution in [3.63, 3.8) is 0 Å². The van der Waals surface area contributed by atoms with Crippen molar-refractivity contribution < 1.29 is 4.79 Å². The molecule has 2 aliphatic heterocycles. The zero-order valence-corrected chi connectivity index (χ0v) is 18.6. The second-order valence-corrected chi connectivity index (χ2v) is 9.81. The fourth-order valence-corrected chi connectivity index (χ4v) is 4.98. The van der Waals surface area contributed by atoms with Gasteiger partial charge >= 0.3 is 0 Å². The van der Waals surface area contributed by atoms with Crippen LogP contribution < -0.4 is 10.6 Å². The topological polar surface area (TPSA) is 47.6 Å². The molecule has 3 fully saturated rings. The van der Waals surface area contributed by atoms with Crippen LogP contribution in [0.4, 0.5) is 5.69 Å². The van der Waals surface area contributed by atoms with Gasteiger partial charge in [0.25, 0.3) is 0 Å². The molecule has 2 N–H and O–H groups in total. The van der Waals surface area contributed by atoms with Crippen LogP contribution in [0, 0.1) is 18.8 Å². The normalized spacial score (nSPS) is 26.0. The van der Waals surface area contributed by atoms with Crippen LogP contribution in [0.3, 0.4) is 0 Å². The number of amides is 1. The van der Waals surface area contributed by atoms with Gasteiger partial charge in [-0.15, -0.1) is 0 Å². The number of rotatable bonds is 7. The molecule has 160 valence electrons. The molecule has 4 rings (SSSR count). The molecule has 0 bridgehead atoms. The van der Waals surface area contributed by atoms with Crippen molar-refractivity contribution in [2.45, 2.75) is 52.1 Å². The first-order chi connectivity index (χ1) is 14.0. The molecule has 0 spiro atoms. The van der Waals surface area contributed by atoms with Gasteiger partial charge in [-0.2, -0.15) is 0 Å². The summed E-state index contributed by atoms with van der Waals surface area (Å²) in [6.07, 6.45) is 4.49. The molecular formula is C23H35ClN4O. The standard InChI is InChI=1S/C23H35ClN4O/c1-16-13-27(7-8-28(16)14-18-3-4-18)15-20-10-21(24)11-22(17(20)2)26-23(29)9-19-5-6-25-12-19/h10-11,16,18-19,25H,3-9,12-15H2,1-2H3,(H,26,29)/t16-,19?/m0/s1. The van der Waals surface area contributed by atoms with E-state index >= 15 is 0 Å². The number of carbonyl (C=O) groups excluding carboxylic acids is 1. The van der Waals surface area contributed by atoms with Crippen LogP contribution in [0.1, 0.15) is 43.7 Å². The predicted octanol–water partition coefficient (Wildman–Crippen LogP) is 3.50. The highest BCUT2D eigenvalue weighted by Gasteiger charge is 2.30. The maximum Gasteiger partial charge on any atom is 0.224 e. The second-order valence-electron chi connectivity index (χ2n) is 9.37. The summed E-state index contributed by atoms with van der Waals surface area (Å²) in [5.41, 5.74) is 3.22. The number of carbonyl (C=O) groups is 1. The number of anilines is 1. The number of hydrogen-bond acceptors (Lipinski definition) is 4. The molecule has 2 saturated heterocycles. The average Bonchev–Trinajstić information content (AvgIpc) is 3.34. The molecular weight excluding hydrogens is 384 g/mol. The Morgan fingerprint density at radius 3 is 2.76 bits per heavy atom. The summed E-state index contributed by atoms with van der Waals surface area (Å²) in [5, 5.41) is 7.15. The lowest BCUT2D eigenvalue weighted by atomic mass is 10.0. The van der Waals surface area contributed by atoms with Crippen LogP contribution in [0.2, 0.25) is 5.02 Å². The van der Waals surface area contributed by atoms with E-state index in [9.17, 15) is 4.79 Å². The predicted molar refractivity (Wildman–Crippen MR) is 119 cm³/mol. The Morgan fingerprint density at radius 1 is 1.24 bits per heavy atom. The van der Waals surface area contributed by atoms with Crippen molar-refractivity contribution in [2.24, 2.45) is 11.8 Å². The highest BCUT2D eigenvalue weighted by atomic mass is 35.5. The Bertz CT molecular complexity index is 730. The van der Waals surface area contributed by atoms with Crippen molar-refractivity contribution in [3.05, 3.63) is 28.3 Å². The lowest BCUT2D eigenvalue weighted by Crippen LogP contribution is -2.51. The Morgan fingerprint density at radius 2 is 2.07 bits per heavy atom. The van der Waals surface area contributed by atoms with Crippen LogP contribution in [-0.4, -0.2) is 61.0 Å². The van der Waals surface area contributed by atoms with Gasteiger partial charge in [0.2, 0.25) is 5.91 Å². The van der Waals surface area contributed by atoms with Crippen LogP contribution in [0.25, 0.3) is 0 Å². The molecule has 1 amide bonds.